The molecule has 1 aromatic heterocycles. The molecular formula is C20H22N2O5. The second kappa shape index (κ2) is 8.07. The third kappa shape index (κ3) is 4.55. The Bertz CT molecular complexity index is 835. The third-order valence-corrected chi connectivity index (χ3v) is 4.43. The number of hydrogen-bond donors (Lipinski definition) is 2. The number of hydrogen-bond acceptors (Lipinski definition) is 5. The van der Waals surface area contributed by atoms with Gasteiger partial charge in [0.05, 0.1) is 30.8 Å². The van der Waals surface area contributed by atoms with Gasteiger partial charge in [0.25, 0.3) is 0 Å². The number of aliphatic carboxylic acids is 1. The number of amides is 1. The Kier molecular flexibility index (Phi) is 5.59. The number of aryl methyl sites for hydroxylation is 1. The summed E-state index contributed by atoms with van der Waals surface area (Å²) in [6.45, 7) is 2.12. The van der Waals surface area contributed by atoms with Crippen LogP contribution >= 0.6 is 0 Å². The number of carbonyl (C=O) groups is 2. The molecule has 7 heteroatoms. The summed E-state index contributed by atoms with van der Waals surface area (Å²) in [7, 11) is 1.59. The Labute approximate surface area is 157 Å². The van der Waals surface area contributed by atoms with Crippen molar-refractivity contribution in [2.45, 2.75) is 26.2 Å². The minimum atomic E-state index is -0.934. The fraction of sp³-hybridized carbons (Fsp3) is 0.350. The van der Waals surface area contributed by atoms with Gasteiger partial charge in [-0.15, -0.1) is 0 Å². The zero-order valence-corrected chi connectivity index (χ0v) is 15.3. The number of nitrogens with zero attached hydrogens (tertiary/aromatic N) is 1. The van der Waals surface area contributed by atoms with Gasteiger partial charge in [0.2, 0.25) is 11.8 Å². The van der Waals surface area contributed by atoms with Crippen molar-refractivity contribution in [3.63, 3.8) is 0 Å². The molecule has 1 saturated carbocycles. The average molecular weight is 370 g/mol. The van der Waals surface area contributed by atoms with E-state index in [4.69, 9.17) is 14.6 Å². The number of rotatable bonds is 8. The first-order valence-corrected chi connectivity index (χ1v) is 8.86. The summed E-state index contributed by atoms with van der Waals surface area (Å²) in [5.74, 6) is -0.725. The second-order valence-electron chi connectivity index (χ2n) is 6.50. The Morgan fingerprint density at radius 1 is 1.22 bits per heavy atom. The van der Waals surface area contributed by atoms with Gasteiger partial charge < -0.3 is 19.9 Å². The van der Waals surface area contributed by atoms with E-state index in [1.165, 1.54) is 11.8 Å². The quantitative estimate of drug-likeness (QED) is 0.738. The minimum Gasteiger partial charge on any atom is -0.493 e. The van der Waals surface area contributed by atoms with E-state index < -0.39 is 17.8 Å². The summed E-state index contributed by atoms with van der Waals surface area (Å²) in [4.78, 5) is 27.0. The lowest BCUT2D eigenvalue weighted by atomic mass is 10.1. The number of benzene rings is 1. The number of methoxy groups -OCH3 is 1. The molecule has 1 fully saturated rings. The van der Waals surface area contributed by atoms with Gasteiger partial charge in [-0.2, -0.15) is 0 Å². The lowest BCUT2D eigenvalue weighted by Gasteiger charge is -2.11. The summed E-state index contributed by atoms with van der Waals surface area (Å²) >= 11 is 0. The molecule has 2 N–H and O–H groups in total. The second-order valence-corrected chi connectivity index (χ2v) is 6.50. The number of carbonyl (C=O) groups excluding carboxylic acids is 1. The molecule has 0 radical (unpaired) electrons. The maximum atomic E-state index is 12.0. The molecule has 3 rings (SSSR count). The highest BCUT2D eigenvalue weighted by Crippen LogP contribution is 2.39. The zero-order valence-electron chi connectivity index (χ0n) is 15.3. The molecule has 2 aromatic rings. The molecule has 0 aliphatic heterocycles. The number of aromatic nitrogens is 1. The summed E-state index contributed by atoms with van der Waals surface area (Å²) in [6.07, 6.45) is 3.87. The SMILES string of the molecule is CCCc1ccc(Oc2ccc(NC(=O)[C@H]3C[C@H]3C(=O)O)cn2)c(OC)c1. The van der Waals surface area contributed by atoms with Gasteiger partial charge in [-0.3, -0.25) is 9.59 Å². The summed E-state index contributed by atoms with van der Waals surface area (Å²) in [5.41, 5.74) is 1.67. The Morgan fingerprint density at radius 3 is 2.63 bits per heavy atom. The first-order chi connectivity index (χ1) is 13.0. The van der Waals surface area contributed by atoms with Crippen molar-refractivity contribution in [1.29, 1.82) is 0 Å². The highest BCUT2D eigenvalue weighted by Gasteiger charge is 2.48. The van der Waals surface area contributed by atoms with Gasteiger partial charge in [-0.05, 0) is 36.6 Å². The predicted molar refractivity (Wildman–Crippen MR) is 99.2 cm³/mol. The van der Waals surface area contributed by atoms with E-state index in [0.29, 0.717) is 29.5 Å². The number of pyridine rings is 1. The number of nitrogens with one attached hydrogen (secondary N) is 1. The van der Waals surface area contributed by atoms with Crippen molar-refractivity contribution in [2.24, 2.45) is 11.8 Å². The van der Waals surface area contributed by atoms with Crippen molar-refractivity contribution in [1.82, 2.24) is 4.98 Å². The first-order valence-electron chi connectivity index (χ1n) is 8.86. The topological polar surface area (TPSA) is 97.8 Å². The van der Waals surface area contributed by atoms with E-state index >= 15 is 0 Å². The Morgan fingerprint density at radius 2 is 2.04 bits per heavy atom. The predicted octanol–water partition coefficient (Wildman–Crippen LogP) is 3.49. The van der Waals surface area contributed by atoms with Gasteiger partial charge in [-0.1, -0.05) is 19.4 Å². The van der Waals surface area contributed by atoms with Crippen LogP contribution in [0.5, 0.6) is 17.4 Å². The van der Waals surface area contributed by atoms with Crippen LogP contribution in [0.25, 0.3) is 0 Å². The van der Waals surface area contributed by atoms with E-state index in [9.17, 15) is 9.59 Å². The standard InChI is InChI=1S/C20H22N2O5/c1-3-4-12-5-7-16(17(9-12)26-2)27-18-8-6-13(11-21-18)22-19(23)14-10-15(14)20(24)25/h5-9,11,14-15H,3-4,10H2,1-2H3,(H,22,23)(H,24,25)/t14-,15+/m0/s1. The van der Waals surface area contributed by atoms with Crippen molar-refractivity contribution in [3.05, 3.63) is 42.1 Å². The van der Waals surface area contributed by atoms with Gasteiger partial charge >= 0.3 is 5.97 Å². The molecule has 142 valence electrons. The fourth-order valence-corrected chi connectivity index (χ4v) is 2.86. The molecule has 27 heavy (non-hydrogen) atoms. The van der Waals surface area contributed by atoms with Crippen LogP contribution in [0.2, 0.25) is 0 Å². The van der Waals surface area contributed by atoms with E-state index in [2.05, 4.69) is 17.2 Å². The molecular weight excluding hydrogens is 348 g/mol. The van der Waals surface area contributed by atoms with E-state index in [1.807, 2.05) is 18.2 Å². The molecule has 1 amide bonds. The fourth-order valence-electron chi connectivity index (χ4n) is 2.86. The number of carboxylic acid groups (broad SMARTS) is 1. The van der Waals surface area contributed by atoms with E-state index in [1.54, 1.807) is 19.2 Å². The van der Waals surface area contributed by atoms with Gasteiger partial charge in [0, 0.05) is 6.07 Å². The molecule has 0 spiro atoms. The monoisotopic (exact) mass is 370 g/mol. The van der Waals surface area contributed by atoms with Crippen LogP contribution in [-0.4, -0.2) is 29.1 Å². The number of carboxylic acids is 1. The van der Waals surface area contributed by atoms with Gasteiger partial charge in [-0.25, -0.2) is 4.98 Å². The van der Waals surface area contributed by atoms with Crippen molar-refractivity contribution < 1.29 is 24.2 Å². The van der Waals surface area contributed by atoms with Gasteiger partial charge in [0.1, 0.15) is 0 Å². The normalized spacial score (nSPS) is 17.9. The van der Waals surface area contributed by atoms with Crippen LogP contribution in [0.4, 0.5) is 5.69 Å². The highest BCUT2D eigenvalue weighted by atomic mass is 16.5. The first kappa shape index (κ1) is 18.7. The Balaban J connectivity index is 1.62. The van der Waals surface area contributed by atoms with Crippen molar-refractivity contribution in [2.75, 3.05) is 12.4 Å². The van der Waals surface area contributed by atoms with Gasteiger partial charge in [0.15, 0.2) is 11.5 Å². The van der Waals surface area contributed by atoms with E-state index in [0.717, 1.165) is 12.8 Å². The molecule has 0 bridgehead atoms. The molecule has 2 atom stereocenters. The third-order valence-electron chi connectivity index (χ3n) is 4.43. The molecule has 1 aliphatic rings. The largest absolute Gasteiger partial charge is 0.493 e. The molecule has 1 heterocycles. The van der Waals surface area contributed by atoms with Crippen molar-refractivity contribution in [3.8, 4) is 17.4 Å². The van der Waals surface area contributed by atoms with Crippen LogP contribution in [-0.2, 0) is 16.0 Å². The molecule has 0 saturated heterocycles. The minimum absolute atomic E-state index is 0.300. The summed E-state index contributed by atoms with van der Waals surface area (Å²) in [6, 6.07) is 9.08. The summed E-state index contributed by atoms with van der Waals surface area (Å²) in [5, 5.41) is 11.6. The molecule has 0 unspecified atom stereocenters. The number of ether oxygens (including phenoxy) is 2. The molecule has 1 aliphatic carbocycles. The van der Waals surface area contributed by atoms with Crippen LogP contribution in [0.3, 0.4) is 0 Å². The number of anilines is 1. The maximum absolute atomic E-state index is 12.0. The molecule has 1 aromatic carbocycles. The van der Waals surface area contributed by atoms with Crippen LogP contribution in [0.15, 0.2) is 36.5 Å². The smallest absolute Gasteiger partial charge is 0.307 e. The van der Waals surface area contributed by atoms with Crippen molar-refractivity contribution >= 4 is 17.6 Å². The van der Waals surface area contributed by atoms with Crippen LogP contribution in [0.1, 0.15) is 25.3 Å². The van der Waals surface area contributed by atoms with Crippen LogP contribution in [0, 0.1) is 11.8 Å². The lowest BCUT2D eigenvalue weighted by molar-refractivity contribution is -0.139. The maximum Gasteiger partial charge on any atom is 0.307 e. The molecule has 7 nitrogen and oxygen atoms in total. The Hall–Kier alpha value is -3.09. The summed E-state index contributed by atoms with van der Waals surface area (Å²) < 4.78 is 11.2. The van der Waals surface area contributed by atoms with Crippen LogP contribution < -0.4 is 14.8 Å². The van der Waals surface area contributed by atoms with E-state index in [-0.39, 0.29) is 5.91 Å². The average Bonchev–Trinajstić information content (AvgIpc) is 3.46. The zero-order chi connectivity index (χ0) is 19.4. The highest BCUT2D eigenvalue weighted by molar-refractivity contribution is 5.98. The lowest BCUT2D eigenvalue weighted by Crippen LogP contribution is -2.16.